The van der Waals surface area contributed by atoms with Gasteiger partial charge < -0.3 is 0 Å². The van der Waals surface area contributed by atoms with E-state index < -0.39 is 16.1 Å². The van der Waals surface area contributed by atoms with Gasteiger partial charge in [0.2, 0.25) is 15.1 Å². The van der Waals surface area contributed by atoms with Crippen LogP contribution in [-0.2, 0) is 14.8 Å². The molecule has 1 aromatic carbocycles. The van der Waals surface area contributed by atoms with E-state index in [1.807, 2.05) is 6.92 Å². The van der Waals surface area contributed by atoms with Crippen molar-refractivity contribution < 1.29 is 13.2 Å². The third-order valence-corrected chi connectivity index (χ3v) is 6.47. The van der Waals surface area contributed by atoms with Crippen molar-refractivity contribution >= 4 is 26.9 Å². The molecule has 0 aliphatic carbocycles. The predicted molar refractivity (Wildman–Crippen MR) is 69.9 cm³/mol. The Morgan fingerprint density at radius 1 is 1.28 bits per heavy atom. The molecule has 18 heavy (non-hydrogen) atoms. The number of benzene rings is 1. The zero-order valence-electron chi connectivity index (χ0n) is 9.87. The Labute approximate surface area is 110 Å². The molecule has 0 radical (unpaired) electrons. The third kappa shape index (κ3) is 1.79. The molecule has 2 aliphatic heterocycles. The van der Waals surface area contributed by atoms with E-state index in [1.54, 1.807) is 24.3 Å². The minimum Gasteiger partial charge on any atom is -0.285 e. The Kier molecular flexibility index (Phi) is 2.76. The summed E-state index contributed by atoms with van der Waals surface area (Å²) in [6, 6.07) is 6.31. The van der Waals surface area contributed by atoms with Gasteiger partial charge >= 0.3 is 0 Å². The van der Waals surface area contributed by atoms with E-state index in [9.17, 15) is 13.2 Å². The van der Waals surface area contributed by atoms with Crippen LogP contribution in [0.3, 0.4) is 0 Å². The lowest BCUT2D eigenvalue weighted by Crippen LogP contribution is -2.41. The van der Waals surface area contributed by atoms with Crippen molar-refractivity contribution in [2.75, 3.05) is 6.54 Å². The highest BCUT2D eigenvalue weighted by Gasteiger charge is 2.50. The molecule has 4 nitrogen and oxygen atoms in total. The van der Waals surface area contributed by atoms with E-state index in [-0.39, 0.29) is 15.3 Å². The Morgan fingerprint density at radius 2 is 1.94 bits per heavy atom. The second-order valence-corrected chi connectivity index (χ2v) is 7.89. The zero-order valence-corrected chi connectivity index (χ0v) is 11.5. The van der Waals surface area contributed by atoms with E-state index in [0.717, 1.165) is 5.56 Å². The van der Waals surface area contributed by atoms with Gasteiger partial charge in [0.15, 0.2) is 0 Å². The predicted octanol–water partition coefficient (Wildman–Crippen LogP) is 1.40. The molecule has 3 rings (SSSR count). The molecule has 2 heterocycles. The van der Waals surface area contributed by atoms with Crippen molar-refractivity contribution in [3.63, 3.8) is 0 Å². The summed E-state index contributed by atoms with van der Waals surface area (Å²) in [4.78, 5) is 11.9. The van der Waals surface area contributed by atoms with Gasteiger partial charge in [0.05, 0.1) is 10.9 Å². The van der Waals surface area contributed by atoms with E-state index in [0.29, 0.717) is 13.0 Å². The first-order valence-electron chi connectivity index (χ1n) is 5.77. The number of sulfonamides is 1. The molecule has 0 aromatic heterocycles. The van der Waals surface area contributed by atoms with Crippen LogP contribution in [0.1, 0.15) is 12.0 Å². The minimum absolute atomic E-state index is 0.0121. The van der Waals surface area contributed by atoms with Crippen molar-refractivity contribution in [3.05, 3.63) is 29.8 Å². The highest BCUT2D eigenvalue weighted by molar-refractivity contribution is 8.14. The molecule has 1 aromatic rings. The van der Waals surface area contributed by atoms with Crippen molar-refractivity contribution in [2.24, 2.45) is 0 Å². The third-order valence-electron chi connectivity index (χ3n) is 3.40. The number of rotatable bonds is 2. The molecule has 2 fully saturated rings. The molecule has 0 spiro atoms. The zero-order chi connectivity index (χ0) is 12.9. The van der Waals surface area contributed by atoms with Crippen LogP contribution in [0.15, 0.2) is 29.2 Å². The molecule has 2 saturated heterocycles. The molecule has 0 amide bonds. The highest BCUT2D eigenvalue weighted by Crippen LogP contribution is 2.41. The maximum absolute atomic E-state index is 12.4. The average molecular weight is 283 g/mol. The lowest BCUT2D eigenvalue weighted by molar-refractivity contribution is -0.113. The van der Waals surface area contributed by atoms with Gasteiger partial charge in [-0.25, -0.2) is 8.42 Å². The highest BCUT2D eigenvalue weighted by atomic mass is 32.2. The Balaban J connectivity index is 1.96. The quantitative estimate of drug-likeness (QED) is 0.823. The molecule has 2 bridgehead atoms. The van der Waals surface area contributed by atoms with E-state index in [4.69, 9.17) is 0 Å². The van der Waals surface area contributed by atoms with Gasteiger partial charge in [0.1, 0.15) is 0 Å². The largest absolute Gasteiger partial charge is 0.285 e. The summed E-state index contributed by atoms with van der Waals surface area (Å²) < 4.78 is 26.3. The molecular formula is C12H13NO3S2. The molecule has 2 unspecified atom stereocenters. The van der Waals surface area contributed by atoms with Gasteiger partial charge in [-0.2, -0.15) is 4.31 Å². The standard InChI is InChI=1S/C12H13NO3S2/c1-8-2-4-10(5-3-8)18(15,16)13-7-9-6-11(13)12(14)17-9/h2-5,9,11H,6-7H2,1H3. The number of nitrogens with zero attached hydrogens (tertiary/aromatic N) is 1. The number of carbonyl (C=O) groups excluding carboxylic acids is 1. The number of carbonyl (C=O) groups is 1. The van der Waals surface area contributed by atoms with Gasteiger partial charge in [-0.15, -0.1) is 0 Å². The van der Waals surface area contributed by atoms with Crippen LogP contribution in [0.5, 0.6) is 0 Å². The SMILES string of the molecule is Cc1ccc(S(=O)(=O)N2CC3CC2C(=O)S3)cc1. The summed E-state index contributed by atoms with van der Waals surface area (Å²) in [6.45, 7) is 2.37. The fraction of sp³-hybridized carbons (Fsp3) is 0.417. The number of hydrogen-bond donors (Lipinski definition) is 0. The summed E-state index contributed by atoms with van der Waals surface area (Å²) >= 11 is 1.29. The summed E-state index contributed by atoms with van der Waals surface area (Å²) in [5.41, 5.74) is 1.02. The summed E-state index contributed by atoms with van der Waals surface area (Å²) in [5.74, 6) is 0. The lowest BCUT2D eigenvalue weighted by Gasteiger charge is -2.24. The van der Waals surface area contributed by atoms with Gasteiger partial charge in [0, 0.05) is 11.8 Å². The fourth-order valence-corrected chi connectivity index (χ4v) is 5.45. The van der Waals surface area contributed by atoms with Crippen LogP contribution in [-0.4, -0.2) is 35.7 Å². The first kappa shape index (κ1) is 12.2. The molecule has 96 valence electrons. The fourth-order valence-electron chi connectivity index (χ4n) is 2.42. The second kappa shape index (κ2) is 4.08. The van der Waals surface area contributed by atoms with Crippen LogP contribution >= 0.6 is 11.8 Å². The van der Waals surface area contributed by atoms with Gasteiger partial charge in [0.25, 0.3) is 0 Å². The monoisotopic (exact) mass is 283 g/mol. The number of fused-ring (bicyclic) bond motifs is 2. The Hall–Kier alpha value is -0.850. The van der Waals surface area contributed by atoms with Crippen molar-refractivity contribution in [1.29, 1.82) is 0 Å². The second-order valence-electron chi connectivity index (χ2n) is 4.70. The van der Waals surface area contributed by atoms with Gasteiger partial charge in [-0.3, -0.25) is 4.79 Å². The first-order chi connectivity index (χ1) is 8.48. The molecule has 0 saturated carbocycles. The van der Waals surface area contributed by atoms with Crippen LogP contribution in [0.2, 0.25) is 0 Å². The number of thioether (sulfide) groups is 1. The maximum Gasteiger partial charge on any atom is 0.243 e. The van der Waals surface area contributed by atoms with Gasteiger partial charge in [-0.05, 0) is 25.5 Å². The van der Waals surface area contributed by atoms with Crippen molar-refractivity contribution in [3.8, 4) is 0 Å². The van der Waals surface area contributed by atoms with Crippen LogP contribution in [0.25, 0.3) is 0 Å². The molecule has 2 atom stereocenters. The summed E-state index contributed by atoms with van der Waals surface area (Å²) in [7, 11) is -3.52. The Bertz CT molecular complexity index is 594. The summed E-state index contributed by atoms with van der Waals surface area (Å²) in [6.07, 6.45) is 0.661. The minimum atomic E-state index is -3.52. The smallest absolute Gasteiger partial charge is 0.243 e. The van der Waals surface area contributed by atoms with Crippen LogP contribution in [0.4, 0.5) is 0 Å². The van der Waals surface area contributed by atoms with E-state index in [1.165, 1.54) is 16.1 Å². The number of aryl methyl sites for hydroxylation is 1. The maximum atomic E-state index is 12.4. The molecular weight excluding hydrogens is 270 g/mol. The van der Waals surface area contributed by atoms with Crippen LogP contribution in [0, 0.1) is 6.92 Å². The lowest BCUT2D eigenvalue weighted by atomic mass is 10.2. The van der Waals surface area contributed by atoms with Gasteiger partial charge in [-0.1, -0.05) is 29.5 Å². The van der Waals surface area contributed by atoms with Crippen LogP contribution < -0.4 is 0 Å². The van der Waals surface area contributed by atoms with E-state index >= 15 is 0 Å². The molecule has 6 heteroatoms. The average Bonchev–Trinajstić information content (AvgIpc) is 2.88. The summed E-state index contributed by atoms with van der Waals surface area (Å²) in [5, 5.41) is 0.129. The molecule has 0 N–H and O–H groups in total. The number of hydrogen-bond acceptors (Lipinski definition) is 4. The van der Waals surface area contributed by atoms with Crippen molar-refractivity contribution in [1.82, 2.24) is 4.31 Å². The van der Waals surface area contributed by atoms with E-state index in [2.05, 4.69) is 0 Å². The molecule has 2 aliphatic rings. The first-order valence-corrected chi connectivity index (χ1v) is 8.09. The van der Waals surface area contributed by atoms with Crippen molar-refractivity contribution in [2.45, 2.75) is 29.5 Å². The normalized spacial score (nSPS) is 27.9. The topological polar surface area (TPSA) is 54.5 Å². The Morgan fingerprint density at radius 3 is 2.50 bits per heavy atom.